The minimum atomic E-state index is -1.09. The molecule has 1 aliphatic heterocycles. The van der Waals surface area contributed by atoms with E-state index >= 15 is 0 Å². The third-order valence-corrected chi connectivity index (χ3v) is 5.22. The second kappa shape index (κ2) is 8.01. The Morgan fingerprint density at radius 3 is 2.52 bits per heavy atom. The Kier molecular flexibility index (Phi) is 6.45. The van der Waals surface area contributed by atoms with Crippen LogP contribution in [0.25, 0.3) is 0 Å². The van der Waals surface area contributed by atoms with Gasteiger partial charge < -0.3 is 10.0 Å². The first-order chi connectivity index (χ1) is 11.6. The van der Waals surface area contributed by atoms with Crippen LogP contribution >= 0.6 is 35.0 Å². The van der Waals surface area contributed by atoms with Gasteiger partial charge in [-0.3, -0.25) is 9.69 Å². The van der Waals surface area contributed by atoms with Gasteiger partial charge in [0.25, 0.3) is 0 Å². The minimum absolute atomic E-state index is 0.202. The summed E-state index contributed by atoms with van der Waals surface area (Å²) in [5.74, 6) is 0.981. The zero-order chi connectivity index (χ0) is 18.8. The Hall–Kier alpha value is -1.18. The Morgan fingerprint density at radius 2 is 2.00 bits per heavy atom. The molecule has 0 spiro atoms. The quantitative estimate of drug-likeness (QED) is 0.777. The summed E-state index contributed by atoms with van der Waals surface area (Å²) in [6.45, 7) is 6.22. The summed E-state index contributed by atoms with van der Waals surface area (Å²) in [6.07, 6.45) is -1.09. The zero-order valence-electron chi connectivity index (χ0n) is 14.3. The van der Waals surface area contributed by atoms with Crippen LogP contribution in [0, 0.1) is 0 Å². The third-order valence-electron chi connectivity index (χ3n) is 3.81. The van der Waals surface area contributed by atoms with Crippen LogP contribution in [0.3, 0.4) is 0 Å². The number of halogens is 2. The molecule has 6 nitrogen and oxygen atoms in total. The predicted molar refractivity (Wildman–Crippen MR) is 100 cm³/mol. The average molecular weight is 406 g/mol. The molecule has 2 heterocycles. The molecule has 1 unspecified atom stereocenters. The van der Waals surface area contributed by atoms with Gasteiger partial charge in [-0.25, -0.2) is 9.78 Å². The molecule has 1 aliphatic rings. The van der Waals surface area contributed by atoms with Crippen molar-refractivity contribution in [3.05, 3.63) is 28.0 Å². The lowest BCUT2D eigenvalue weighted by Gasteiger charge is -2.39. The van der Waals surface area contributed by atoms with Crippen LogP contribution in [0.2, 0.25) is 10.3 Å². The van der Waals surface area contributed by atoms with E-state index in [1.807, 2.05) is 0 Å². The first kappa shape index (κ1) is 20.1. The van der Waals surface area contributed by atoms with Gasteiger partial charge in [-0.2, -0.15) is 11.8 Å². The highest BCUT2D eigenvalue weighted by Crippen LogP contribution is 2.25. The van der Waals surface area contributed by atoms with Gasteiger partial charge in [0.2, 0.25) is 5.91 Å². The third kappa shape index (κ3) is 5.15. The van der Waals surface area contributed by atoms with Gasteiger partial charge in [-0.1, -0.05) is 23.2 Å². The summed E-state index contributed by atoms with van der Waals surface area (Å²) in [4.78, 5) is 31.6. The minimum Gasteiger partial charge on any atom is -0.465 e. The maximum Gasteiger partial charge on any atom is 0.408 e. The van der Waals surface area contributed by atoms with Crippen LogP contribution in [0.4, 0.5) is 4.79 Å². The number of rotatable bonds is 3. The van der Waals surface area contributed by atoms with Crippen molar-refractivity contribution in [1.82, 2.24) is 14.8 Å². The SMILES string of the molecule is CC(C)(C)N(C(=O)O)C1CSCCN(Cc2cc(Cl)nc(Cl)c2)C1=O. The lowest BCUT2D eigenvalue weighted by Crippen LogP contribution is -2.57. The van der Waals surface area contributed by atoms with Gasteiger partial charge in [0.15, 0.2) is 0 Å². The number of pyridine rings is 1. The van der Waals surface area contributed by atoms with Crippen LogP contribution in [-0.4, -0.2) is 61.5 Å². The van der Waals surface area contributed by atoms with E-state index in [1.54, 1.807) is 49.6 Å². The van der Waals surface area contributed by atoms with Gasteiger partial charge in [0.05, 0.1) is 0 Å². The molecule has 138 valence electrons. The first-order valence-corrected chi connectivity index (χ1v) is 9.71. The molecule has 0 bridgehead atoms. The molecule has 1 aromatic rings. The Balaban J connectivity index is 2.27. The molecule has 2 rings (SSSR count). The molecule has 9 heteroatoms. The number of aromatic nitrogens is 1. The summed E-state index contributed by atoms with van der Waals surface area (Å²) < 4.78 is 0. The van der Waals surface area contributed by atoms with Crippen molar-refractivity contribution < 1.29 is 14.7 Å². The predicted octanol–water partition coefficient (Wildman–Crippen LogP) is 3.61. The van der Waals surface area contributed by atoms with E-state index in [2.05, 4.69) is 4.98 Å². The first-order valence-electron chi connectivity index (χ1n) is 7.80. The summed E-state index contributed by atoms with van der Waals surface area (Å²) in [5, 5.41) is 10.1. The van der Waals surface area contributed by atoms with Gasteiger partial charge in [-0.15, -0.1) is 0 Å². The molecule has 1 atom stereocenters. The highest BCUT2D eigenvalue weighted by atomic mass is 35.5. The smallest absolute Gasteiger partial charge is 0.408 e. The van der Waals surface area contributed by atoms with Crippen molar-refractivity contribution in [1.29, 1.82) is 0 Å². The summed E-state index contributed by atoms with van der Waals surface area (Å²) in [6, 6.07) is 2.59. The van der Waals surface area contributed by atoms with Crippen LogP contribution in [-0.2, 0) is 11.3 Å². The molecule has 25 heavy (non-hydrogen) atoms. The summed E-state index contributed by atoms with van der Waals surface area (Å²) in [5.41, 5.74) is 0.0908. The van der Waals surface area contributed by atoms with Gasteiger partial charge in [0.1, 0.15) is 16.3 Å². The van der Waals surface area contributed by atoms with Gasteiger partial charge in [0, 0.05) is 30.1 Å². The topological polar surface area (TPSA) is 73.7 Å². The van der Waals surface area contributed by atoms with E-state index in [9.17, 15) is 14.7 Å². The highest BCUT2D eigenvalue weighted by molar-refractivity contribution is 7.99. The van der Waals surface area contributed by atoms with Crippen molar-refractivity contribution in [3.63, 3.8) is 0 Å². The highest BCUT2D eigenvalue weighted by Gasteiger charge is 2.40. The second-order valence-electron chi connectivity index (χ2n) is 6.79. The van der Waals surface area contributed by atoms with Crippen molar-refractivity contribution in [2.75, 3.05) is 18.1 Å². The molecular formula is C16H21Cl2N3O3S. The lowest BCUT2D eigenvalue weighted by atomic mass is 10.0. The Morgan fingerprint density at radius 1 is 1.40 bits per heavy atom. The maximum atomic E-state index is 13.0. The van der Waals surface area contributed by atoms with E-state index in [1.165, 1.54) is 4.90 Å². The fraction of sp³-hybridized carbons (Fsp3) is 0.562. The number of carbonyl (C=O) groups is 2. The van der Waals surface area contributed by atoms with E-state index in [4.69, 9.17) is 23.2 Å². The molecule has 1 aromatic heterocycles. The number of amides is 2. The maximum absolute atomic E-state index is 13.0. The van der Waals surface area contributed by atoms with Crippen LogP contribution in [0.5, 0.6) is 0 Å². The molecule has 0 radical (unpaired) electrons. The van der Waals surface area contributed by atoms with Crippen molar-refractivity contribution in [2.24, 2.45) is 0 Å². The lowest BCUT2D eigenvalue weighted by molar-refractivity contribution is -0.137. The number of hydrogen-bond donors (Lipinski definition) is 1. The Bertz CT molecular complexity index is 646. The number of nitrogens with zero attached hydrogens (tertiary/aromatic N) is 3. The molecule has 1 N–H and O–H groups in total. The molecule has 1 saturated heterocycles. The van der Waals surface area contributed by atoms with E-state index in [0.717, 1.165) is 11.3 Å². The van der Waals surface area contributed by atoms with E-state index < -0.39 is 17.7 Å². The van der Waals surface area contributed by atoms with E-state index in [0.29, 0.717) is 18.8 Å². The summed E-state index contributed by atoms with van der Waals surface area (Å²) in [7, 11) is 0. The fourth-order valence-electron chi connectivity index (χ4n) is 2.82. The van der Waals surface area contributed by atoms with Crippen LogP contribution in [0.1, 0.15) is 26.3 Å². The fourth-order valence-corrected chi connectivity index (χ4v) is 4.35. The summed E-state index contributed by atoms with van der Waals surface area (Å²) >= 11 is 13.4. The molecule has 0 aliphatic carbocycles. The van der Waals surface area contributed by atoms with Crippen LogP contribution < -0.4 is 0 Å². The number of carboxylic acid groups (broad SMARTS) is 1. The average Bonchev–Trinajstić information content (AvgIpc) is 2.60. The largest absolute Gasteiger partial charge is 0.465 e. The Labute approximate surface area is 161 Å². The molecule has 0 aromatic carbocycles. The molecule has 2 amide bonds. The van der Waals surface area contributed by atoms with Crippen molar-refractivity contribution in [3.8, 4) is 0 Å². The number of hydrogen-bond acceptors (Lipinski definition) is 4. The van der Waals surface area contributed by atoms with Gasteiger partial charge in [-0.05, 0) is 38.5 Å². The molecular weight excluding hydrogens is 385 g/mol. The second-order valence-corrected chi connectivity index (χ2v) is 8.72. The number of thioether (sulfide) groups is 1. The molecule has 0 saturated carbocycles. The number of carbonyl (C=O) groups excluding carboxylic acids is 1. The van der Waals surface area contributed by atoms with Crippen LogP contribution in [0.15, 0.2) is 12.1 Å². The monoisotopic (exact) mass is 405 g/mol. The zero-order valence-corrected chi connectivity index (χ0v) is 16.7. The standard InChI is InChI=1S/C16H21Cl2N3O3S/c1-16(2,3)21(15(23)24)11-9-25-5-4-20(14(11)22)8-10-6-12(17)19-13(18)7-10/h6-7,11H,4-5,8-9H2,1-3H3,(H,23,24). The molecule has 1 fully saturated rings. The van der Waals surface area contributed by atoms with Crippen molar-refractivity contribution >= 4 is 47.0 Å². The van der Waals surface area contributed by atoms with Crippen molar-refractivity contribution in [2.45, 2.75) is 38.9 Å². The van der Waals surface area contributed by atoms with Gasteiger partial charge >= 0.3 is 6.09 Å². The van der Waals surface area contributed by atoms with E-state index in [-0.39, 0.29) is 16.2 Å². The normalized spacial score (nSPS) is 18.8.